The van der Waals surface area contributed by atoms with Crippen LogP contribution in [0.4, 0.5) is 0 Å². The highest BCUT2D eigenvalue weighted by atomic mass is 14.6. The van der Waals surface area contributed by atoms with Crippen LogP contribution in [-0.4, -0.2) is 4.98 Å². The number of nitrogens with zero attached hydrogens (tertiary/aromatic N) is 1. The molecular weight excluding hydrogens is 518 g/mol. The topological polar surface area (TPSA) is 12.9 Å². The van der Waals surface area contributed by atoms with E-state index in [0.29, 0.717) is 0 Å². The van der Waals surface area contributed by atoms with Crippen LogP contribution in [0.25, 0.3) is 76.8 Å². The predicted octanol–water partition coefficient (Wildman–Crippen LogP) is 11.5. The van der Waals surface area contributed by atoms with Gasteiger partial charge in [-0.05, 0) is 102 Å². The Kier molecular flexibility index (Phi) is 6.09. The zero-order valence-electron chi connectivity index (χ0n) is 24.0. The minimum atomic E-state index is 1.13. The average molecular weight is 548 g/mol. The van der Waals surface area contributed by atoms with Gasteiger partial charge in [0.05, 0.1) is 0 Å². The van der Waals surface area contributed by atoms with Gasteiger partial charge in [0.2, 0.25) is 0 Å². The number of aromatic nitrogens is 1. The monoisotopic (exact) mass is 547 g/mol. The highest BCUT2D eigenvalue weighted by molar-refractivity contribution is 6.21. The molecule has 0 atom stereocenters. The van der Waals surface area contributed by atoms with Crippen molar-refractivity contribution in [3.8, 4) is 44.5 Å². The third-order valence-electron chi connectivity index (χ3n) is 8.58. The SMILES string of the molecule is Cc1ccc2cc(-c3c4ccccc4c(-c4cccc(-c5ccc(-c6cccnc6)cc5)c4)c4ccccc34)ccc2c1. The molecule has 0 saturated heterocycles. The van der Waals surface area contributed by atoms with Crippen molar-refractivity contribution >= 4 is 32.3 Å². The second-order valence-electron chi connectivity index (χ2n) is 11.3. The zero-order chi connectivity index (χ0) is 28.8. The normalized spacial score (nSPS) is 11.4. The lowest BCUT2D eigenvalue weighted by atomic mass is 9.85. The summed E-state index contributed by atoms with van der Waals surface area (Å²) in [7, 11) is 0. The first-order valence-corrected chi connectivity index (χ1v) is 14.8. The number of hydrogen-bond donors (Lipinski definition) is 0. The molecule has 202 valence electrons. The average Bonchev–Trinajstić information content (AvgIpc) is 3.07. The van der Waals surface area contributed by atoms with E-state index in [1.54, 1.807) is 0 Å². The lowest BCUT2D eigenvalue weighted by Crippen LogP contribution is -1.91. The predicted molar refractivity (Wildman–Crippen MR) is 183 cm³/mol. The van der Waals surface area contributed by atoms with Crippen molar-refractivity contribution in [2.45, 2.75) is 6.92 Å². The molecule has 7 aromatic carbocycles. The van der Waals surface area contributed by atoms with E-state index in [2.05, 4.69) is 151 Å². The van der Waals surface area contributed by atoms with Gasteiger partial charge in [0.15, 0.2) is 0 Å². The van der Waals surface area contributed by atoms with Gasteiger partial charge in [-0.15, -0.1) is 0 Å². The summed E-state index contributed by atoms with van der Waals surface area (Å²) < 4.78 is 0. The van der Waals surface area contributed by atoms with Crippen LogP contribution < -0.4 is 0 Å². The van der Waals surface area contributed by atoms with Crippen molar-refractivity contribution in [1.29, 1.82) is 0 Å². The van der Waals surface area contributed by atoms with E-state index in [9.17, 15) is 0 Å². The maximum atomic E-state index is 4.28. The van der Waals surface area contributed by atoms with Crippen LogP contribution in [0.15, 0.2) is 158 Å². The molecule has 0 amide bonds. The van der Waals surface area contributed by atoms with Crippen LogP contribution in [0.5, 0.6) is 0 Å². The number of hydrogen-bond acceptors (Lipinski definition) is 1. The summed E-state index contributed by atoms with van der Waals surface area (Å²) in [5.74, 6) is 0. The number of benzene rings is 7. The van der Waals surface area contributed by atoms with Crippen LogP contribution in [0.1, 0.15) is 5.56 Å². The Labute approximate surface area is 251 Å². The van der Waals surface area contributed by atoms with Crippen LogP contribution in [0, 0.1) is 6.92 Å². The number of fused-ring (bicyclic) bond motifs is 3. The molecule has 1 nitrogen and oxygen atoms in total. The van der Waals surface area contributed by atoms with Gasteiger partial charge in [-0.25, -0.2) is 0 Å². The fourth-order valence-corrected chi connectivity index (χ4v) is 6.51. The first-order chi connectivity index (χ1) is 21.2. The van der Waals surface area contributed by atoms with E-state index in [-0.39, 0.29) is 0 Å². The lowest BCUT2D eigenvalue weighted by Gasteiger charge is -2.18. The van der Waals surface area contributed by atoms with E-state index < -0.39 is 0 Å². The zero-order valence-corrected chi connectivity index (χ0v) is 24.0. The molecule has 8 rings (SSSR count). The number of pyridine rings is 1. The highest BCUT2D eigenvalue weighted by Gasteiger charge is 2.17. The largest absolute Gasteiger partial charge is 0.264 e. The van der Waals surface area contributed by atoms with E-state index in [1.165, 1.54) is 76.8 Å². The summed E-state index contributed by atoms with van der Waals surface area (Å²) >= 11 is 0. The van der Waals surface area contributed by atoms with Crippen molar-refractivity contribution in [2.24, 2.45) is 0 Å². The fourth-order valence-electron chi connectivity index (χ4n) is 6.51. The quantitative estimate of drug-likeness (QED) is 0.200. The van der Waals surface area contributed by atoms with Crippen molar-refractivity contribution in [3.63, 3.8) is 0 Å². The molecule has 0 bridgehead atoms. The maximum absolute atomic E-state index is 4.28. The van der Waals surface area contributed by atoms with Gasteiger partial charge in [-0.3, -0.25) is 4.98 Å². The molecule has 0 unspecified atom stereocenters. The molecule has 1 heteroatoms. The molecule has 0 aliphatic heterocycles. The summed E-state index contributed by atoms with van der Waals surface area (Å²) in [5.41, 5.74) is 11.0. The van der Waals surface area contributed by atoms with Crippen molar-refractivity contribution in [1.82, 2.24) is 4.98 Å². The molecule has 0 fully saturated rings. The third kappa shape index (κ3) is 4.47. The summed E-state index contributed by atoms with van der Waals surface area (Å²) in [6.45, 7) is 2.15. The molecule has 0 aliphatic rings. The van der Waals surface area contributed by atoms with E-state index >= 15 is 0 Å². The van der Waals surface area contributed by atoms with Crippen LogP contribution in [0.2, 0.25) is 0 Å². The third-order valence-corrected chi connectivity index (χ3v) is 8.58. The molecule has 0 N–H and O–H groups in total. The number of aryl methyl sites for hydroxylation is 1. The van der Waals surface area contributed by atoms with Gasteiger partial charge in [-0.2, -0.15) is 0 Å². The number of rotatable bonds is 4. The van der Waals surface area contributed by atoms with Gasteiger partial charge in [0.25, 0.3) is 0 Å². The van der Waals surface area contributed by atoms with E-state index in [4.69, 9.17) is 0 Å². The standard InChI is InChI=1S/C42H29N/c1-28-15-16-33-26-35(22-21-32(33)24-28)42-39-13-4-2-11-37(39)41(38-12-3-5-14-40(38)42)34-9-6-8-31(25-34)29-17-19-30(20-18-29)36-10-7-23-43-27-36/h2-27H,1H3. The smallest absolute Gasteiger partial charge is 0.0346 e. The lowest BCUT2D eigenvalue weighted by molar-refractivity contribution is 1.33. The van der Waals surface area contributed by atoms with Crippen molar-refractivity contribution in [3.05, 3.63) is 164 Å². The van der Waals surface area contributed by atoms with Crippen molar-refractivity contribution < 1.29 is 0 Å². The van der Waals surface area contributed by atoms with Gasteiger partial charge < -0.3 is 0 Å². The van der Waals surface area contributed by atoms with E-state index in [1.807, 2.05) is 18.5 Å². The highest BCUT2D eigenvalue weighted by Crippen LogP contribution is 2.44. The molecule has 0 aliphatic carbocycles. The first-order valence-electron chi connectivity index (χ1n) is 14.8. The summed E-state index contributed by atoms with van der Waals surface area (Å²) in [5, 5.41) is 7.62. The van der Waals surface area contributed by atoms with Crippen LogP contribution in [0.3, 0.4) is 0 Å². The summed E-state index contributed by atoms with van der Waals surface area (Å²) in [6, 6.07) is 53.2. The molecular formula is C42H29N. The Morgan fingerprint density at radius 2 is 0.884 bits per heavy atom. The van der Waals surface area contributed by atoms with Crippen LogP contribution >= 0.6 is 0 Å². The Balaban J connectivity index is 1.31. The van der Waals surface area contributed by atoms with Crippen LogP contribution in [-0.2, 0) is 0 Å². The summed E-state index contributed by atoms with van der Waals surface area (Å²) in [4.78, 5) is 4.28. The van der Waals surface area contributed by atoms with Gasteiger partial charge in [0.1, 0.15) is 0 Å². The molecule has 1 aromatic heterocycles. The van der Waals surface area contributed by atoms with Crippen molar-refractivity contribution in [2.75, 3.05) is 0 Å². The molecule has 0 saturated carbocycles. The first kappa shape index (κ1) is 25.2. The Morgan fingerprint density at radius 3 is 1.51 bits per heavy atom. The molecule has 0 radical (unpaired) electrons. The van der Waals surface area contributed by atoms with Gasteiger partial charge in [0, 0.05) is 12.4 Å². The Bertz CT molecular complexity index is 2220. The Hall–Kier alpha value is -5.53. The second kappa shape index (κ2) is 10.4. The maximum Gasteiger partial charge on any atom is 0.0346 e. The van der Waals surface area contributed by atoms with E-state index in [0.717, 1.165) is 5.56 Å². The Morgan fingerprint density at radius 1 is 0.372 bits per heavy atom. The van der Waals surface area contributed by atoms with Gasteiger partial charge >= 0.3 is 0 Å². The fraction of sp³-hybridized carbons (Fsp3) is 0.0238. The second-order valence-corrected chi connectivity index (χ2v) is 11.3. The molecule has 1 heterocycles. The minimum absolute atomic E-state index is 1.13. The summed E-state index contributed by atoms with van der Waals surface area (Å²) in [6.07, 6.45) is 3.72. The molecule has 43 heavy (non-hydrogen) atoms. The molecule has 8 aromatic rings. The minimum Gasteiger partial charge on any atom is -0.264 e. The van der Waals surface area contributed by atoms with Gasteiger partial charge in [-0.1, -0.05) is 133 Å². The molecule has 0 spiro atoms.